The predicted octanol–water partition coefficient (Wildman–Crippen LogP) is 2.67. The molecule has 1 unspecified atom stereocenters. The standard InChI is InChI=1S/C16H16N4O2/c1-3-13-19-16(22-20-13)10(2)18-15(21)12-8-4-6-11-7-5-9-17-14(11)12/h4-10H,3H2,1-2H3,(H,18,21). The van der Waals surface area contributed by atoms with Gasteiger partial charge in [0.25, 0.3) is 5.91 Å². The molecule has 0 aliphatic heterocycles. The largest absolute Gasteiger partial charge is 0.340 e. The molecule has 2 aromatic heterocycles. The van der Waals surface area contributed by atoms with E-state index in [1.165, 1.54) is 0 Å². The molecule has 1 amide bonds. The Morgan fingerprint density at radius 2 is 2.14 bits per heavy atom. The Morgan fingerprint density at radius 1 is 1.32 bits per heavy atom. The average Bonchev–Trinajstić information content (AvgIpc) is 3.03. The number of carbonyl (C=O) groups excluding carboxylic acids is 1. The summed E-state index contributed by atoms with van der Waals surface area (Å²) < 4.78 is 5.15. The number of nitrogens with zero attached hydrogens (tertiary/aromatic N) is 3. The highest BCUT2D eigenvalue weighted by molar-refractivity contribution is 6.05. The first-order valence-electron chi connectivity index (χ1n) is 7.16. The number of para-hydroxylation sites is 1. The molecule has 112 valence electrons. The van der Waals surface area contributed by atoms with E-state index in [1.54, 1.807) is 12.3 Å². The molecule has 0 spiro atoms. The first-order valence-corrected chi connectivity index (χ1v) is 7.16. The van der Waals surface area contributed by atoms with Gasteiger partial charge in [-0.25, -0.2) is 0 Å². The maximum Gasteiger partial charge on any atom is 0.254 e. The first kappa shape index (κ1) is 14.2. The molecule has 0 radical (unpaired) electrons. The molecule has 1 aromatic carbocycles. The Labute approximate surface area is 127 Å². The topological polar surface area (TPSA) is 80.9 Å². The van der Waals surface area contributed by atoms with Crippen molar-refractivity contribution >= 4 is 16.8 Å². The van der Waals surface area contributed by atoms with E-state index in [4.69, 9.17) is 4.52 Å². The predicted molar refractivity (Wildman–Crippen MR) is 81.3 cm³/mol. The van der Waals surface area contributed by atoms with Gasteiger partial charge in [-0.05, 0) is 19.1 Å². The summed E-state index contributed by atoms with van der Waals surface area (Å²) in [4.78, 5) is 21.0. The van der Waals surface area contributed by atoms with Crippen LogP contribution in [0.15, 0.2) is 41.1 Å². The first-order chi connectivity index (χ1) is 10.7. The molecule has 0 aliphatic rings. The van der Waals surface area contributed by atoms with Crippen molar-refractivity contribution in [1.82, 2.24) is 20.4 Å². The molecule has 0 fully saturated rings. The monoisotopic (exact) mass is 296 g/mol. The summed E-state index contributed by atoms with van der Waals surface area (Å²) in [6.07, 6.45) is 2.37. The van der Waals surface area contributed by atoms with Gasteiger partial charge in [0, 0.05) is 18.0 Å². The van der Waals surface area contributed by atoms with Crippen molar-refractivity contribution in [2.24, 2.45) is 0 Å². The van der Waals surface area contributed by atoms with Crippen LogP contribution in [-0.2, 0) is 6.42 Å². The van der Waals surface area contributed by atoms with E-state index in [1.807, 2.05) is 38.1 Å². The molecule has 2 heterocycles. The number of aryl methyl sites for hydroxylation is 1. The molecule has 0 saturated carbocycles. The van der Waals surface area contributed by atoms with E-state index in [9.17, 15) is 4.79 Å². The van der Waals surface area contributed by atoms with Gasteiger partial charge in [0.05, 0.1) is 11.1 Å². The normalized spacial score (nSPS) is 12.3. The third-order valence-electron chi connectivity index (χ3n) is 3.40. The maximum absolute atomic E-state index is 12.5. The zero-order chi connectivity index (χ0) is 15.5. The van der Waals surface area contributed by atoms with Gasteiger partial charge in [0.15, 0.2) is 5.82 Å². The highest BCUT2D eigenvalue weighted by atomic mass is 16.5. The molecule has 1 atom stereocenters. The molecule has 0 aliphatic carbocycles. The minimum absolute atomic E-state index is 0.215. The Bertz CT molecular complexity index is 807. The molecule has 22 heavy (non-hydrogen) atoms. The van der Waals surface area contributed by atoms with Crippen molar-refractivity contribution < 1.29 is 9.32 Å². The quantitative estimate of drug-likeness (QED) is 0.800. The second-order valence-electron chi connectivity index (χ2n) is 4.98. The summed E-state index contributed by atoms with van der Waals surface area (Å²) in [6.45, 7) is 3.75. The lowest BCUT2D eigenvalue weighted by Gasteiger charge is -2.11. The molecule has 1 N–H and O–H groups in total. The maximum atomic E-state index is 12.5. The minimum atomic E-state index is -0.362. The molecule has 0 saturated heterocycles. The lowest BCUT2D eigenvalue weighted by molar-refractivity contribution is 0.0934. The molecule has 6 heteroatoms. The number of hydrogen-bond donors (Lipinski definition) is 1. The fourth-order valence-electron chi connectivity index (χ4n) is 2.21. The Balaban J connectivity index is 1.84. The number of benzene rings is 1. The van der Waals surface area contributed by atoms with Crippen LogP contribution >= 0.6 is 0 Å². The summed E-state index contributed by atoms with van der Waals surface area (Å²) in [5, 5.41) is 7.63. The van der Waals surface area contributed by atoms with Crippen LogP contribution in [0.1, 0.15) is 42.0 Å². The highest BCUT2D eigenvalue weighted by Crippen LogP contribution is 2.17. The van der Waals surface area contributed by atoms with Gasteiger partial charge >= 0.3 is 0 Å². The molecule has 3 rings (SSSR count). The van der Waals surface area contributed by atoms with E-state index in [-0.39, 0.29) is 11.9 Å². The van der Waals surface area contributed by atoms with E-state index >= 15 is 0 Å². The number of nitrogens with one attached hydrogen (secondary N) is 1. The zero-order valence-corrected chi connectivity index (χ0v) is 12.4. The van der Waals surface area contributed by atoms with Crippen molar-refractivity contribution in [3.8, 4) is 0 Å². The molecule has 3 aromatic rings. The minimum Gasteiger partial charge on any atom is -0.340 e. The molecular formula is C16H16N4O2. The van der Waals surface area contributed by atoms with Crippen molar-refractivity contribution in [2.75, 3.05) is 0 Å². The second-order valence-corrected chi connectivity index (χ2v) is 4.98. The van der Waals surface area contributed by atoms with E-state index < -0.39 is 0 Å². The summed E-state index contributed by atoms with van der Waals surface area (Å²) in [7, 11) is 0. The summed E-state index contributed by atoms with van der Waals surface area (Å²) in [6, 6.07) is 8.92. The average molecular weight is 296 g/mol. The van der Waals surface area contributed by atoms with Crippen LogP contribution in [0.2, 0.25) is 0 Å². The van der Waals surface area contributed by atoms with Gasteiger partial charge < -0.3 is 9.84 Å². The van der Waals surface area contributed by atoms with Crippen LogP contribution in [0.4, 0.5) is 0 Å². The van der Waals surface area contributed by atoms with E-state index in [0.29, 0.717) is 29.2 Å². The van der Waals surface area contributed by atoms with Crippen LogP contribution in [-0.4, -0.2) is 21.0 Å². The summed E-state index contributed by atoms with van der Waals surface area (Å²) in [5.41, 5.74) is 1.20. The number of rotatable bonds is 4. The lowest BCUT2D eigenvalue weighted by Crippen LogP contribution is -2.27. The number of amides is 1. The van der Waals surface area contributed by atoms with Crippen molar-refractivity contribution in [1.29, 1.82) is 0 Å². The van der Waals surface area contributed by atoms with Gasteiger partial charge in [-0.1, -0.05) is 30.3 Å². The Morgan fingerprint density at radius 3 is 2.91 bits per heavy atom. The smallest absolute Gasteiger partial charge is 0.254 e. The van der Waals surface area contributed by atoms with Crippen molar-refractivity contribution in [3.63, 3.8) is 0 Å². The van der Waals surface area contributed by atoms with E-state index in [0.717, 1.165) is 5.39 Å². The Kier molecular flexibility index (Phi) is 3.82. The third kappa shape index (κ3) is 2.67. The number of fused-ring (bicyclic) bond motifs is 1. The van der Waals surface area contributed by atoms with Crippen LogP contribution in [0.25, 0.3) is 10.9 Å². The molecular weight excluding hydrogens is 280 g/mol. The van der Waals surface area contributed by atoms with Gasteiger partial charge in [0.2, 0.25) is 5.89 Å². The fraction of sp³-hybridized carbons (Fsp3) is 0.250. The summed E-state index contributed by atoms with van der Waals surface area (Å²) >= 11 is 0. The number of carbonyl (C=O) groups is 1. The van der Waals surface area contributed by atoms with Gasteiger partial charge in [-0.15, -0.1) is 0 Å². The van der Waals surface area contributed by atoms with Gasteiger partial charge in [0.1, 0.15) is 6.04 Å². The lowest BCUT2D eigenvalue weighted by atomic mass is 10.1. The number of hydrogen-bond acceptors (Lipinski definition) is 5. The molecule has 0 bridgehead atoms. The van der Waals surface area contributed by atoms with Crippen LogP contribution in [0.5, 0.6) is 0 Å². The number of pyridine rings is 1. The highest BCUT2D eigenvalue weighted by Gasteiger charge is 2.18. The Hall–Kier alpha value is -2.76. The number of aromatic nitrogens is 3. The van der Waals surface area contributed by atoms with Gasteiger partial charge in [-0.2, -0.15) is 4.98 Å². The van der Waals surface area contributed by atoms with Crippen LogP contribution < -0.4 is 5.32 Å². The van der Waals surface area contributed by atoms with Crippen molar-refractivity contribution in [2.45, 2.75) is 26.3 Å². The molecule has 6 nitrogen and oxygen atoms in total. The third-order valence-corrected chi connectivity index (χ3v) is 3.40. The second kappa shape index (κ2) is 5.93. The van der Waals surface area contributed by atoms with Crippen LogP contribution in [0.3, 0.4) is 0 Å². The zero-order valence-electron chi connectivity index (χ0n) is 12.4. The van der Waals surface area contributed by atoms with Gasteiger partial charge in [-0.3, -0.25) is 9.78 Å². The SMILES string of the molecule is CCc1noc(C(C)NC(=O)c2cccc3cccnc23)n1. The van der Waals surface area contributed by atoms with E-state index in [2.05, 4.69) is 20.4 Å². The fourth-order valence-corrected chi connectivity index (χ4v) is 2.21. The van der Waals surface area contributed by atoms with Crippen LogP contribution in [0, 0.1) is 0 Å². The van der Waals surface area contributed by atoms with Crippen molar-refractivity contribution in [3.05, 3.63) is 53.8 Å². The summed E-state index contributed by atoms with van der Waals surface area (Å²) in [5.74, 6) is 0.814.